The summed E-state index contributed by atoms with van der Waals surface area (Å²) < 4.78 is 4.89. The first-order chi connectivity index (χ1) is 4.73. The van der Waals surface area contributed by atoms with Crippen LogP contribution < -0.4 is 5.73 Å². The number of hydrogen-bond acceptors (Lipinski definition) is 2. The van der Waals surface area contributed by atoms with Crippen LogP contribution in [0.2, 0.25) is 0 Å². The molecule has 1 heterocycles. The molecule has 1 amide bonds. The van der Waals surface area contributed by atoms with Gasteiger partial charge in [0.25, 0.3) is 0 Å². The molecule has 10 heavy (non-hydrogen) atoms. The Bertz CT molecular complexity index is 110. The van der Waals surface area contributed by atoms with E-state index < -0.39 is 6.09 Å². The van der Waals surface area contributed by atoms with E-state index in [4.69, 9.17) is 14.6 Å². The van der Waals surface area contributed by atoms with Crippen molar-refractivity contribution in [2.24, 2.45) is 5.73 Å². The highest BCUT2D eigenvalue weighted by molar-refractivity contribution is 5.61. The number of allylic oxidation sites excluding steroid dienone is 1. The van der Waals surface area contributed by atoms with Gasteiger partial charge in [0.2, 0.25) is 0 Å². The fourth-order valence-electron chi connectivity index (χ4n) is 0.489. The minimum absolute atomic E-state index is 0.913. The van der Waals surface area contributed by atoms with Crippen LogP contribution in [0, 0.1) is 0 Å². The van der Waals surface area contributed by atoms with E-state index >= 15 is 0 Å². The van der Waals surface area contributed by atoms with Gasteiger partial charge >= 0.3 is 6.09 Å². The second kappa shape index (κ2) is 5.94. The number of amides is 1. The molecular weight excluding hydrogens is 134 g/mol. The second-order valence-electron chi connectivity index (χ2n) is 1.72. The Balaban J connectivity index is 0.000000180. The lowest BCUT2D eigenvalue weighted by atomic mass is 10.3. The van der Waals surface area contributed by atoms with Gasteiger partial charge < -0.3 is 15.6 Å². The molecule has 4 heteroatoms. The van der Waals surface area contributed by atoms with Gasteiger partial charge in [-0.3, -0.25) is 0 Å². The molecule has 0 fully saturated rings. The molecule has 1 rings (SSSR count). The summed E-state index contributed by atoms with van der Waals surface area (Å²) in [6.07, 6.45) is 4.86. The highest BCUT2D eigenvalue weighted by Crippen LogP contribution is 1.97. The first-order valence-electron chi connectivity index (χ1n) is 2.98. The zero-order chi connectivity index (χ0) is 7.82. The summed E-state index contributed by atoms with van der Waals surface area (Å²) in [6, 6.07) is 0. The minimum atomic E-state index is -1.33. The van der Waals surface area contributed by atoms with Gasteiger partial charge in [0.1, 0.15) is 0 Å². The van der Waals surface area contributed by atoms with Crippen molar-refractivity contribution < 1.29 is 14.6 Å². The summed E-state index contributed by atoms with van der Waals surface area (Å²) in [7, 11) is 0. The Morgan fingerprint density at radius 2 is 2.30 bits per heavy atom. The largest absolute Gasteiger partial charge is 0.502 e. The molecule has 0 unspecified atom stereocenters. The maximum absolute atomic E-state index is 8.78. The number of carboxylic acid groups (broad SMARTS) is 1. The third kappa shape index (κ3) is 9.94. The van der Waals surface area contributed by atoms with Crippen molar-refractivity contribution >= 4 is 6.09 Å². The minimum Gasteiger partial charge on any atom is -0.502 e. The van der Waals surface area contributed by atoms with Crippen molar-refractivity contribution in [1.29, 1.82) is 0 Å². The Morgan fingerprint density at radius 3 is 2.40 bits per heavy atom. The lowest BCUT2D eigenvalue weighted by molar-refractivity contribution is 0.205. The van der Waals surface area contributed by atoms with E-state index in [1.165, 1.54) is 12.8 Å². The second-order valence-corrected chi connectivity index (χ2v) is 1.72. The van der Waals surface area contributed by atoms with Crippen LogP contribution in [0.5, 0.6) is 0 Å². The molecule has 4 nitrogen and oxygen atoms in total. The summed E-state index contributed by atoms with van der Waals surface area (Å²) in [5.41, 5.74) is 4.03. The molecule has 0 radical (unpaired) electrons. The van der Waals surface area contributed by atoms with E-state index in [0.29, 0.717) is 0 Å². The van der Waals surface area contributed by atoms with Crippen LogP contribution in [-0.4, -0.2) is 17.8 Å². The van der Waals surface area contributed by atoms with Crippen LogP contribution in [0.15, 0.2) is 12.3 Å². The van der Waals surface area contributed by atoms with E-state index in [1.807, 2.05) is 6.08 Å². The molecule has 0 aromatic carbocycles. The molecule has 0 aromatic heterocycles. The summed E-state index contributed by atoms with van der Waals surface area (Å²) in [5, 5.41) is 7.19. The predicted molar refractivity (Wildman–Crippen MR) is 36.5 cm³/mol. The van der Waals surface area contributed by atoms with Gasteiger partial charge in [0.15, 0.2) is 0 Å². The Morgan fingerprint density at radius 1 is 1.70 bits per heavy atom. The molecule has 1 aliphatic heterocycles. The summed E-state index contributed by atoms with van der Waals surface area (Å²) in [4.78, 5) is 8.78. The number of nitrogens with two attached hydrogens (primary N) is 1. The lowest BCUT2D eigenvalue weighted by Gasteiger charge is -2.01. The molecule has 0 aliphatic carbocycles. The van der Waals surface area contributed by atoms with Gasteiger partial charge in [0, 0.05) is 0 Å². The molecule has 1 aliphatic rings. The van der Waals surface area contributed by atoms with Crippen molar-refractivity contribution in [3.8, 4) is 0 Å². The number of primary amides is 1. The predicted octanol–water partition coefficient (Wildman–Crippen LogP) is 0.934. The summed E-state index contributed by atoms with van der Waals surface area (Å²) >= 11 is 0. The average molecular weight is 145 g/mol. The third-order valence-corrected chi connectivity index (χ3v) is 0.825. The van der Waals surface area contributed by atoms with Gasteiger partial charge in [-0.1, -0.05) is 0 Å². The topological polar surface area (TPSA) is 72.5 Å². The first kappa shape index (κ1) is 8.81. The van der Waals surface area contributed by atoms with Crippen LogP contribution in [0.3, 0.4) is 0 Å². The molecule has 0 saturated heterocycles. The van der Waals surface area contributed by atoms with Crippen LogP contribution in [0.25, 0.3) is 0 Å². The first-order valence-corrected chi connectivity index (χ1v) is 2.98. The van der Waals surface area contributed by atoms with Crippen molar-refractivity contribution in [2.45, 2.75) is 12.8 Å². The van der Waals surface area contributed by atoms with Gasteiger partial charge in [-0.15, -0.1) is 0 Å². The molecule has 58 valence electrons. The zero-order valence-electron chi connectivity index (χ0n) is 5.62. The van der Waals surface area contributed by atoms with Gasteiger partial charge in [-0.25, -0.2) is 4.79 Å². The quantitative estimate of drug-likeness (QED) is 0.532. The summed E-state index contributed by atoms with van der Waals surface area (Å²) in [6.45, 7) is 0.913. The smallest absolute Gasteiger partial charge is 0.402 e. The van der Waals surface area contributed by atoms with E-state index in [1.54, 1.807) is 6.26 Å². The fraction of sp³-hybridized carbons (Fsp3) is 0.500. The van der Waals surface area contributed by atoms with Crippen LogP contribution in [0.4, 0.5) is 4.79 Å². The molecule has 0 aromatic rings. The molecule has 0 spiro atoms. The fourth-order valence-corrected chi connectivity index (χ4v) is 0.489. The normalized spacial score (nSPS) is 14.4. The maximum atomic E-state index is 8.78. The highest BCUT2D eigenvalue weighted by atomic mass is 16.5. The summed E-state index contributed by atoms with van der Waals surface area (Å²) in [5.74, 6) is 0. The molecule has 0 atom stereocenters. The zero-order valence-corrected chi connectivity index (χ0v) is 5.62. The van der Waals surface area contributed by atoms with Crippen LogP contribution in [-0.2, 0) is 4.74 Å². The highest BCUT2D eigenvalue weighted by Gasteiger charge is 1.86. The average Bonchev–Trinajstić information content (AvgIpc) is 1.90. The lowest BCUT2D eigenvalue weighted by Crippen LogP contribution is -2.03. The van der Waals surface area contributed by atoms with E-state index in [-0.39, 0.29) is 0 Å². The van der Waals surface area contributed by atoms with E-state index in [2.05, 4.69) is 5.73 Å². The van der Waals surface area contributed by atoms with Gasteiger partial charge in [0.05, 0.1) is 12.9 Å². The number of carbonyl (C=O) groups is 1. The molecular formula is C6H11NO3. The van der Waals surface area contributed by atoms with Crippen molar-refractivity contribution in [3.63, 3.8) is 0 Å². The van der Waals surface area contributed by atoms with Crippen molar-refractivity contribution in [3.05, 3.63) is 12.3 Å². The third-order valence-electron chi connectivity index (χ3n) is 0.825. The number of ether oxygens (including phenoxy) is 1. The Hall–Kier alpha value is -1.19. The number of hydrogen-bond donors (Lipinski definition) is 2. The van der Waals surface area contributed by atoms with Gasteiger partial charge in [-0.05, 0) is 18.9 Å². The monoisotopic (exact) mass is 145 g/mol. The van der Waals surface area contributed by atoms with Gasteiger partial charge in [-0.2, -0.15) is 0 Å². The van der Waals surface area contributed by atoms with E-state index in [0.717, 1.165) is 6.61 Å². The SMILES string of the molecule is C1=COCCC1.NC(=O)O. The molecule has 3 N–H and O–H groups in total. The Labute approximate surface area is 59.3 Å². The van der Waals surface area contributed by atoms with E-state index in [9.17, 15) is 0 Å². The standard InChI is InChI=1S/C5H8O.CH3NO2/c1-2-4-6-5-3-1;2-1(3)4/h2,4H,1,3,5H2;2H2,(H,3,4). The van der Waals surface area contributed by atoms with Crippen molar-refractivity contribution in [1.82, 2.24) is 0 Å². The number of rotatable bonds is 0. The molecule has 0 saturated carbocycles. The maximum Gasteiger partial charge on any atom is 0.402 e. The Kier molecular flexibility index (Phi) is 5.23. The van der Waals surface area contributed by atoms with Crippen LogP contribution >= 0.6 is 0 Å². The van der Waals surface area contributed by atoms with Crippen LogP contribution in [0.1, 0.15) is 12.8 Å². The van der Waals surface area contributed by atoms with Crippen molar-refractivity contribution in [2.75, 3.05) is 6.61 Å². The molecule has 0 bridgehead atoms.